The molecule has 0 aliphatic carbocycles. The van der Waals surface area contributed by atoms with Crippen molar-refractivity contribution in [2.24, 2.45) is 0 Å². The van der Waals surface area contributed by atoms with Crippen molar-refractivity contribution in [2.45, 2.75) is 6.61 Å². The highest BCUT2D eigenvalue weighted by molar-refractivity contribution is 5.58. The van der Waals surface area contributed by atoms with Gasteiger partial charge in [0.1, 0.15) is 0 Å². The number of hydrogen-bond donors (Lipinski definition) is 2. The highest BCUT2D eigenvalue weighted by atomic mass is 16.3. The van der Waals surface area contributed by atoms with Crippen molar-refractivity contribution in [3.05, 3.63) is 29.8 Å². The first kappa shape index (κ1) is 7.88. The first-order valence-corrected chi connectivity index (χ1v) is 3.84. The second-order valence-corrected chi connectivity index (χ2v) is 2.55. The van der Waals surface area contributed by atoms with Crippen molar-refractivity contribution >= 4 is 0 Å². The van der Waals surface area contributed by atoms with Gasteiger partial charge in [-0.25, -0.2) is 0 Å². The van der Waals surface area contributed by atoms with Crippen LogP contribution < -0.4 is 0 Å². The highest BCUT2D eigenvalue weighted by Gasteiger charge is 2.06. The summed E-state index contributed by atoms with van der Waals surface area (Å²) in [6, 6.07) is 7.39. The lowest BCUT2D eigenvalue weighted by Gasteiger charge is -2.00. The molecule has 0 atom stereocenters. The van der Waals surface area contributed by atoms with Gasteiger partial charge in [-0.2, -0.15) is 5.21 Å². The third-order valence-corrected chi connectivity index (χ3v) is 1.77. The van der Waals surface area contributed by atoms with Crippen LogP contribution in [0.25, 0.3) is 11.4 Å². The van der Waals surface area contributed by atoms with Crippen molar-refractivity contribution in [1.29, 1.82) is 0 Å². The average Bonchev–Trinajstić information content (AvgIpc) is 2.70. The van der Waals surface area contributed by atoms with Gasteiger partial charge in [-0.3, -0.25) is 0 Å². The number of aliphatic hydroxyl groups excluding tert-OH is 1. The molecular weight excluding hydrogens is 168 g/mol. The summed E-state index contributed by atoms with van der Waals surface area (Å²) in [5, 5.41) is 22.5. The summed E-state index contributed by atoms with van der Waals surface area (Å²) >= 11 is 0. The van der Waals surface area contributed by atoms with E-state index >= 15 is 0 Å². The minimum Gasteiger partial charge on any atom is -0.392 e. The number of tetrazole rings is 1. The topological polar surface area (TPSA) is 74.7 Å². The second kappa shape index (κ2) is 3.32. The zero-order valence-electron chi connectivity index (χ0n) is 6.81. The van der Waals surface area contributed by atoms with E-state index in [0.717, 1.165) is 11.1 Å². The van der Waals surface area contributed by atoms with Crippen LogP contribution in [0.1, 0.15) is 5.56 Å². The van der Waals surface area contributed by atoms with Crippen molar-refractivity contribution < 1.29 is 5.11 Å². The molecule has 1 aromatic heterocycles. The van der Waals surface area contributed by atoms with Crippen LogP contribution in [0.2, 0.25) is 0 Å². The van der Waals surface area contributed by atoms with Crippen molar-refractivity contribution in [1.82, 2.24) is 20.6 Å². The van der Waals surface area contributed by atoms with Gasteiger partial charge >= 0.3 is 0 Å². The second-order valence-electron chi connectivity index (χ2n) is 2.55. The number of benzene rings is 1. The van der Waals surface area contributed by atoms with Gasteiger partial charge in [-0.1, -0.05) is 24.3 Å². The van der Waals surface area contributed by atoms with E-state index in [4.69, 9.17) is 5.11 Å². The van der Waals surface area contributed by atoms with Crippen LogP contribution in [-0.2, 0) is 6.61 Å². The predicted octanol–water partition coefficient (Wildman–Crippen LogP) is 0.359. The van der Waals surface area contributed by atoms with Crippen molar-refractivity contribution in [3.63, 3.8) is 0 Å². The lowest BCUT2D eigenvalue weighted by atomic mass is 10.1. The number of aliphatic hydroxyl groups is 1. The Bertz CT molecular complexity index is 385. The van der Waals surface area contributed by atoms with E-state index in [1.54, 1.807) is 0 Å². The molecule has 13 heavy (non-hydrogen) atoms. The summed E-state index contributed by atoms with van der Waals surface area (Å²) in [7, 11) is 0. The van der Waals surface area contributed by atoms with Crippen LogP contribution >= 0.6 is 0 Å². The Morgan fingerprint density at radius 3 is 2.85 bits per heavy atom. The van der Waals surface area contributed by atoms with Crippen LogP contribution in [-0.4, -0.2) is 25.7 Å². The number of H-pyrrole nitrogens is 1. The maximum Gasteiger partial charge on any atom is 0.205 e. The molecule has 5 heteroatoms. The van der Waals surface area contributed by atoms with E-state index in [0.29, 0.717) is 5.82 Å². The van der Waals surface area contributed by atoms with Crippen LogP contribution in [0.5, 0.6) is 0 Å². The van der Waals surface area contributed by atoms with Crippen LogP contribution in [0.15, 0.2) is 24.3 Å². The van der Waals surface area contributed by atoms with E-state index in [-0.39, 0.29) is 6.61 Å². The molecule has 5 nitrogen and oxygen atoms in total. The summed E-state index contributed by atoms with van der Waals surface area (Å²) in [5.41, 5.74) is 1.60. The molecule has 0 fully saturated rings. The number of aromatic amines is 1. The highest BCUT2D eigenvalue weighted by Crippen LogP contribution is 2.18. The molecule has 0 saturated heterocycles. The summed E-state index contributed by atoms with van der Waals surface area (Å²) in [4.78, 5) is 0. The van der Waals surface area contributed by atoms with Crippen LogP contribution in [0.3, 0.4) is 0 Å². The molecule has 0 unspecified atom stereocenters. The zero-order valence-corrected chi connectivity index (χ0v) is 6.81. The fourth-order valence-corrected chi connectivity index (χ4v) is 1.15. The Labute approximate surface area is 74.4 Å². The molecule has 66 valence electrons. The Morgan fingerprint density at radius 2 is 2.15 bits per heavy atom. The smallest absolute Gasteiger partial charge is 0.205 e. The third-order valence-electron chi connectivity index (χ3n) is 1.77. The molecule has 2 N–H and O–H groups in total. The first-order chi connectivity index (χ1) is 6.42. The molecule has 0 amide bonds. The quantitative estimate of drug-likeness (QED) is 0.692. The number of rotatable bonds is 2. The van der Waals surface area contributed by atoms with E-state index in [1.807, 2.05) is 24.3 Å². The fraction of sp³-hybridized carbons (Fsp3) is 0.125. The van der Waals surface area contributed by atoms with Crippen LogP contribution in [0.4, 0.5) is 0 Å². The number of aromatic nitrogens is 4. The summed E-state index contributed by atoms with van der Waals surface area (Å²) in [5.74, 6) is 0.504. The average molecular weight is 176 g/mol. The Hall–Kier alpha value is -1.75. The summed E-state index contributed by atoms with van der Waals surface area (Å²) < 4.78 is 0. The number of nitrogens with one attached hydrogen (secondary N) is 1. The number of nitrogens with zero attached hydrogens (tertiary/aromatic N) is 3. The van der Waals surface area contributed by atoms with E-state index in [1.165, 1.54) is 0 Å². The maximum absolute atomic E-state index is 9.03. The molecule has 1 heterocycles. The molecule has 0 aliphatic heterocycles. The fourth-order valence-electron chi connectivity index (χ4n) is 1.15. The maximum atomic E-state index is 9.03. The summed E-state index contributed by atoms with van der Waals surface area (Å²) in [6.07, 6.45) is 0. The van der Waals surface area contributed by atoms with E-state index < -0.39 is 0 Å². The van der Waals surface area contributed by atoms with Gasteiger partial charge in [0.05, 0.1) is 6.61 Å². The lowest BCUT2D eigenvalue weighted by Crippen LogP contribution is -1.90. The minimum atomic E-state index is -0.0231. The minimum absolute atomic E-state index is 0.0231. The SMILES string of the molecule is OCc1ccccc1-c1nn[nH]n1. The molecule has 2 aromatic rings. The Morgan fingerprint density at radius 1 is 1.31 bits per heavy atom. The molecule has 0 aliphatic rings. The van der Waals surface area contributed by atoms with Gasteiger partial charge in [-0.05, 0) is 10.8 Å². The molecule has 0 saturated carbocycles. The van der Waals surface area contributed by atoms with Gasteiger partial charge in [0, 0.05) is 5.56 Å². The van der Waals surface area contributed by atoms with E-state index in [9.17, 15) is 0 Å². The Balaban J connectivity index is 2.51. The first-order valence-electron chi connectivity index (χ1n) is 3.84. The predicted molar refractivity (Wildman–Crippen MR) is 45.5 cm³/mol. The number of hydrogen-bond acceptors (Lipinski definition) is 4. The largest absolute Gasteiger partial charge is 0.392 e. The lowest BCUT2D eigenvalue weighted by molar-refractivity contribution is 0.282. The summed E-state index contributed by atoms with van der Waals surface area (Å²) in [6.45, 7) is -0.0231. The van der Waals surface area contributed by atoms with Crippen molar-refractivity contribution in [3.8, 4) is 11.4 Å². The van der Waals surface area contributed by atoms with Gasteiger partial charge in [0.15, 0.2) is 0 Å². The van der Waals surface area contributed by atoms with Gasteiger partial charge in [0.2, 0.25) is 5.82 Å². The van der Waals surface area contributed by atoms with Gasteiger partial charge < -0.3 is 5.11 Å². The molecular formula is C8H8N4O. The molecule has 1 aromatic carbocycles. The molecule has 0 spiro atoms. The van der Waals surface area contributed by atoms with E-state index in [2.05, 4.69) is 20.6 Å². The van der Waals surface area contributed by atoms with Crippen molar-refractivity contribution in [2.75, 3.05) is 0 Å². The molecule has 0 radical (unpaired) electrons. The third kappa shape index (κ3) is 1.41. The van der Waals surface area contributed by atoms with Crippen LogP contribution in [0, 0.1) is 0 Å². The van der Waals surface area contributed by atoms with Gasteiger partial charge in [-0.15, -0.1) is 10.2 Å². The molecule has 2 rings (SSSR count). The monoisotopic (exact) mass is 176 g/mol. The van der Waals surface area contributed by atoms with Gasteiger partial charge in [0.25, 0.3) is 0 Å². The normalized spacial score (nSPS) is 10.2. The zero-order chi connectivity index (χ0) is 9.10. The molecule has 0 bridgehead atoms. The Kier molecular flexibility index (Phi) is 2.01. The standard InChI is InChI=1S/C8H8N4O/c13-5-6-3-1-2-4-7(6)8-9-11-12-10-8/h1-4,13H,5H2,(H,9,10,11,12).